The maximum absolute atomic E-state index is 10.6. The zero-order chi connectivity index (χ0) is 14.5. The first-order valence-electron chi connectivity index (χ1n) is 5.96. The molecule has 1 atom stereocenters. The van der Waals surface area contributed by atoms with E-state index < -0.39 is 5.97 Å². The Morgan fingerprint density at radius 3 is 2.90 bits per heavy atom. The van der Waals surface area contributed by atoms with Crippen molar-refractivity contribution in [1.29, 1.82) is 0 Å². The van der Waals surface area contributed by atoms with Gasteiger partial charge in [-0.15, -0.1) is 10.2 Å². The van der Waals surface area contributed by atoms with Crippen molar-refractivity contribution < 1.29 is 15.0 Å². The average Bonchev–Trinajstić information content (AvgIpc) is 3.04. The van der Waals surface area contributed by atoms with Crippen molar-refractivity contribution in [3.05, 3.63) is 24.5 Å². The van der Waals surface area contributed by atoms with Crippen molar-refractivity contribution in [2.45, 2.75) is 31.3 Å². The van der Waals surface area contributed by atoms with E-state index in [4.69, 9.17) is 5.11 Å². The fourth-order valence-corrected chi connectivity index (χ4v) is 2.64. The molecule has 2 N–H and O–H groups in total. The number of aliphatic carboxylic acids is 1. The van der Waals surface area contributed by atoms with Crippen molar-refractivity contribution >= 4 is 17.7 Å². The molecule has 0 aliphatic heterocycles. The minimum atomic E-state index is -0.919. The molecule has 20 heavy (non-hydrogen) atoms. The lowest BCUT2D eigenvalue weighted by Crippen LogP contribution is -2.16. The topological polar surface area (TPSA) is 106 Å². The van der Waals surface area contributed by atoms with Crippen molar-refractivity contribution in [3.63, 3.8) is 0 Å². The van der Waals surface area contributed by atoms with Gasteiger partial charge in [-0.05, 0) is 6.92 Å². The number of hydrogen-bond acceptors (Lipinski definition) is 6. The van der Waals surface area contributed by atoms with E-state index in [0.717, 1.165) is 11.8 Å². The van der Waals surface area contributed by atoms with Gasteiger partial charge in [-0.3, -0.25) is 9.36 Å². The summed E-state index contributed by atoms with van der Waals surface area (Å²) in [6, 6.07) is -0.0300. The number of imidazole rings is 1. The van der Waals surface area contributed by atoms with Crippen LogP contribution in [-0.4, -0.2) is 46.3 Å². The highest BCUT2D eigenvalue weighted by atomic mass is 32.2. The van der Waals surface area contributed by atoms with E-state index >= 15 is 0 Å². The fraction of sp³-hybridized carbons (Fsp3) is 0.455. The van der Waals surface area contributed by atoms with Crippen LogP contribution in [-0.2, 0) is 17.9 Å². The largest absolute Gasteiger partial charge is 0.481 e. The lowest BCUT2D eigenvalue weighted by molar-refractivity contribution is -0.133. The predicted molar refractivity (Wildman–Crippen MR) is 71.2 cm³/mol. The van der Waals surface area contributed by atoms with Gasteiger partial charge in [-0.1, -0.05) is 11.8 Å². The lowest BCUT2D eigenvalue weighted by Gasteiger charge is -2.17. The van der Waals surface area contributed by atoms with E-state index in [9.17, 15) is 9.90 Å². The van der Waals surface area contributed by atoms with E-state index in [-0.39, 0.29) is 18.4 Å². The van der Waals surface area contributed by atoms with E-state index in [1.807, 2.05) is 17.7 Å². The van der Waals surface area contributed by atoms with Gasteiger partial charge in [0.05, 0.1) is 18.1 Å². The van der Waals surface area contributed by atoms with Crippen LogP contribution in [0.1, 0.15) is 18.8 Å². The van der Waals surface area contributed by atoms with Crippen molar-refractivity contribution in [2.24, 2.45) is 0 Å². The smallest absolute Gasteiger partial charge is 0.313 e. The zero-order valence-electron chi connectivity index (χ0n) is 10.9. The van der Waals surface area contributed by atoms with Gasteiger partial charge in [0.25, 0.3) is 0 Å². The highest BCUT2D eigenvalue weighted by Gasteiger charge is 2.18. The predicted octanol–water partition coefficient (Wildman–Crippen LogP) is 0.405. The second-order valence-corrected chi connectivity index (χ2v) is 5.16. The number of thioether (sulfide) groups is 1. The minimum Gasteiger partial charge on any atom is -0.481 e. The molecule has 0 radical (unpaired) electrons. The van der Waals surface area contributed by atoms with Gasteiger partial charge in [-0.2, -0.15) is 0 Å². The van der Waals surface area contributed by atoms with Gasteiger partial charge in [0, 0.05) is 18.9 Å². The molecule has 2 aromatic heterocycles. The Morgan fingerprint density at radius 1 is 1.50 bits per heavy atom. The third kappa shape index (κ3) is 3.36. The highest BCUT2D eigenvalue weighted by Crippen LogP contribution is 2.22. The summed E-state index contributed by atoms with van der Waals surface area (Å²) < 4.78 is 3.66. The number of hydrogen-bond donors (Lipinski definition) is 2. The second kappa shape index (κ2) is 6.53. The van der Waals surface area contributed by atoms with Crippen LogP contribution in [0.2, 0.25) is 0 Å². The molecular weight excluding hydrogens is 282 g/mol. The number of carboxylic acid groups (broad SMARTS) is 1. The summed E-state index contributed by atoms with van der Waals surface area (Å²) in [5.41, 5.74) is 0. The summed E-state index contributed by atoms with van der Waals surface area (Å²) in [5, 5.41) is 26.4. The Bertz CT molecular complexity index is 569. The minimum absolute atomic E-state index is 0.0300. The van der Waals surface area contributed by atoms with Gasteiger partial charge in [0.2, 0.25) is 0 Å². The summed E-state index contributed by atoms with van der Waals surface area (Å²) in [7, 11) is 0. The zero-order valence-corrected chi connectivity index (χ0v) is 11.7. The SMILES string of the molecule is CC(Cn1ccnc1)n1c(CO)nnc1SCC(=O)O. The molecule has 0 aliphatic carbocycles. The van der Waals surface area contributed by atoms with Crippen LogP contribution in [0.3, 0.4) is 0 Å². The van der Waals surface area contributed by atoms with Gasteiger partial charge < -0.3 is 14.8 Å². The summed E-state index contributed by atoms with van der Waals surface area (Å²) in [6.07, 6.45) is 5.22. The molecule has 9 heteroatoms. The normalized spacial score (nSPS) is 12.5. The van der Waals surface area contributed by atoms with Crippen LogP contribution in [0, 0.1) is 0 Å². The Kier molecular flexibility index (Phi) is 4.74. The fourth-order valence-electron chi connectivity index (χ4n) is 1.86. The van der Waals surface area contributed by atoms with Crippen molar-refractivity contribution in [3.8, 4) is 0 Å². The molecule has 2 aromatic rings. The Balaban J connectivity index is 2.18. The molecule has 0 aliphatic rings. The molecule has 8 nitrogen and oxygen atoms in total. The van der Waals surface area contributed by atoms with Gasteiger partial charge >= 0.3 is 5.97 Å². The molecular formula is C11H15N5O3S. The third-order valence-electron chi connectivity index (χ3n) is 2.68. The number of nitrogens with zero attached hydrogens (tertiary/aromatic N) is 5. The van der Waals surface area contributed by atoms with Gasteiger partial charge in [0.1, 0.15) is 6.61 Å². The summed E-state index contributed by atoms with van der Waals surface area (Å²) in [5.74, 6) is -0.593. The maximum Gasteiger partial charge on any atom is 0.313 e. The molecule has 0 fully saturated rings. The molecule has 2 rings (SSSR count). The Morgan fingerprint density at radius 2 is 2.30 bits per heavy atom. The van der Waals surface area contributed by atoms with Crippen LogP contribution in [0.5, 0.6) is 0 Å². The molecule has 2 heterocycles. The van der Waals surface area contributed by atoms with Gasteiger partial charge in [0.15, 0.2) is 11.0 Å². The molecule has 0 spiro atoms. The first kappa shape index (κ1) is 14.5. The van der Waals surface area contributed by atoms with Crippen molar-refractivity contribution in [2.75, 3.05) is 5.75 Å². The number of aliphatic hydroxyl groups is 1. The van der Waals surface area contributed by atoms with E-state index in [0.29, 0.717) is 17.5 Å². The molecule has 108 valence electrons. The van der Waals surface area contributed by atoms with Crippen LogP contribution in [0.4, 0.5) is 0 Å². The summed E-state index contributed by atoms with van der Waals surface area (Å²) in [6.45, 7) is 2.34. The molecule has 0 amide bonds. The van der Waals surface area contributed by atoms with Crippen LogP contribution in [0.25, 0.3) is 0 Å². The van der Waals surface area contributed by atoms with Crippen LogP contribution in [0.15, 0.2) is 23.9 Å². The molecule has 0 bridgehead atoms. The first-order valence-corrected chi connectivity index (χ1v) is 6.95. The van der Waals surface area contributed by atoms with E-state index in [1.165, 1.54) is 0 Å². The highest BCUT2D eigenvalue weighted by molar-refractivity contribution is 7.99. The van der Waals surface area contributed by atoms with E-state index in [2.05, 4.69) is 15.2 Å². The first-order chi connectivity index (χ1) is 9.61. The maximum atomic E-state index is 10.6. The molecule has 0 aromatic carbocycles. The Labute approximate surface area is 119 Å². The number of carbonyl (C=O) groups is 1. The van der Waals surface area contributed by atoms with Crippen LogP contribution < -0.4 is 0 Å². The number of carboxylic acids is 1. The lowest BCUT2D eigenvalue weighted by atomic mass is 10.3. The van der Waals surface area contributed by atoms with Gasteiger partial charge in [-0.25, -0.2) is 4.98 Å². The molecule has 0 saturated carbocycles. The summed E-state index contributed by atoms with van der Waals surface area (Å²) in [4.78, 5) is 14.6. The monoisotopic (exact) mass is 297 g/mol. The number of rotatable bonds is 7. The number of aromatic nitrogens is 5. The number of aliphatic hydroxyl groups excluding tert-OH is 1. The summed E-state index contributed by atoms with van der Waals surface area (Å²) >= 11 is 1.09. The quantitative estimate of drug-likeness (QED) is 0.713. The Hall–Kier alpha value is -1.87. The molecule has 0 saturated heterocycles. The van der Waals surface area contributed by atoms with E-state index in [1.54, 1.807) is 17.1 Å². The second-order valence-electron chi connectivity index (χ2n) is 4.22. The average molecular weight is 297 g/mol. The standard InChI is InChI=1S/C11H15N5O3S/c1-8(4-15-3-2-12-7-15)16-9(5-17)13-14-11(16)20-6-10(18)19/h2-3,7-8,17H,4-6H2,1H3,(H,18,19). The third-order valence-corrected chi connectivity index (χ3v) is 3.60. The van der Waals surface area contributed by atoms with Crippen LogP contribution >= 0.6 is 11.8 Å². The molecule has 1 unspecified atom stereocenters. The van der Waals surface area contributed by atoms with Crippen molar-refractivity contribution in [1.82, 2.24) is 24.3 Å².